The third-order valence-corrected chi connectivity index (χ3v) is 10.9. The first-order chi connectivity index (χ1) is 17.0. The van der Waals surface area contributed by atoms with Crippen molar-refractivity contribution in [3.8, 4) is 0 Å². The number of esters is 2. The lowest BCUT2D eigenvalue weighted by Crippen LogP contribution is -2.67. The van der Waals surface area contributed by atoms with E-state index in [0.29, 0.717) is 25.7 Å². The lowest BCUT2D eigenvalue weighted by molar-refractivity contribution is -0.248. The maximum atomic E-state index is 12.2. The van der Waals surface area contributed by atoms with E-state index >= 15 is 0 Å². The van der Waals surface area contributed by atoms with Gasteiger partial charge in [-0.05, 0) is 74.3 Å². The summed E-state index contributed by atoms with van der Waals surface area (Å²) in [5.74, 6) is -0.0594. The van der Waals surface area contributed by atoms with Crippen LogP contribution in [0.3, 0.4) is 0 Å². The van der Waals surface area contributed by atoms with Gasteiger partial charge in [-0.2, -0.15) is 0 Å². The number of ether oxygens (including phenoxy) is 3. The zero-order valence-electron chi connectivity index (χ0n) is 21.3. The molecule has 5 fully saturated rings. The molecule has 196 valence electrons. The van der Waals surface area contributed by atoms with Crippen LogP contribution in [-0.4, -0.2) is 47.1 Å². The Morgan fingerprint density at radius 2 is 1.86 bits per heavy atom. The predicted molar refractivity (Wildman–Crippen MR) is 127 cm³/mol. The Kier molecular flexibility index (Phi) is 5.31. The van der Waals surface area contributed by atoms with Gasteiger partial charge in [0.1, 0.15) is 11.7 Å². The lowest BCUT2D eigenvalue weighted by atomic mass is 9.42. The summed E-state index contributed by atoms with van der Waals surface area (Å²) in [5, 5.41) is 12.2. The fourth-order valence-corrected chi connectivity index (χ4v) is 9.38. The first-order valence-corrected chi connectivity index (χ1v) is 13.3. The van der Waals surface area contributed by atoms with Crippen LogP contribution in [0.5, 0.6) is 0 Å². The number of aliphatic hydroxyl groups is 1. The molecule has 8 heteroatoms. The van der Waals surface area contributed by atoms with Gasteiger partial charge in [0.15, 0.2) is 0 Å². The monoisotopic (exact) mass is 500 g/mol. The van der Waals surface area contributed by atoms with Crippen LogP contribution >= 0.6 is 0 Å². The molecular formula is C28H36O8. The van der Waals surface area contributed by atoms with Gasteiger partial charge in [-0.15, -0.1) is 0 Å². The lowest BCUT2D eigenvalue weighted by Gasteiger charge is -2.64. The molecule has 9 atom stereocenters. The maximum absolute atomic E-state index is 12.2. The largest absolute Gasteiger partial charge is 0.465 e. The zero-order chi connectivity index (χ0) is 25.5. The molecule has 6 rings (SSSR count). The van der Waals surface area contributed by atoms with Gasteiger partial charge in [0, 0.05) is 37.2 Å². The van der Waals surface area contributed by atoms with Gasteiger partial charge in [-0.1, -0.05) is 6.92 Å². The van der Waals surface area contributed by atoms with E-state index in [1.807, 2.05) is 6.07 Å². The quantitative estimate of drug-likeness (QED) is 0.493. The van der Waals surface area contributed by atoms with Crippen molar-refractivity contribution >= 4 is 11.9 Å². The molecule has 4 aliphatic carbocycles. The highest BCUT2D eigenvalue weighted by atomic mass is 16.6. The molecule has 1 aromatic heterocycles. The Hall–Kier alpha value is -2.19. The molecule has 2 heterocycles. The number of carbonyl (C=O) groups excluding carboxylic acids is 2. The Balaban J connectivity index is 1.35. The van der Waals surface area contributed by atoms with Crippen LogP contribution in [0.15, 0.2) is 27.6 Å². The van der Waals surface area contributed by atoms with Crippen LogP contribution in [0.4, 0.5) is 0 Å². The predicted octanol–water partition coefficient (Wildman–Crippen LogP) is 3.49. The Morgan fingerprint density at radius 3 is 2.56 bits per heavy atom. The van der Waals surface area contributed by atoms with E-state index in [9.17, 15) is 19.5 Å². The van der Waals surface area contributed by atoms with Crippen LogP contribution in [0.25, 0.3) is 0 Å². The molecule has 1 aliphatic heterocycles. The zero-order valence-corrected chi connectivity index (χ0v) is 21.3. The number of hydrogen-bond acceptors (Lipinski definition) is 8. The Bertz CT molecular complexity index is 1120. The molecule has 8 nitrogen and oxygen atoms in total. The van der Waals surface area contributed by atoms with Crippen LogP contribution in [0.1, 0.15) is 83.6 Å². The molecule has 1 saturated heterocycles. The van der Waals surface area contributed by atoms with Gasteiger partial charge in [0.25, 0.3) is 0 Å². The molecule has 0 bridgehead atoms. The van der Waals surface area contributed by atoms with E-state index in [1.54, 1.807) is 6.26 Å². The van der Waals surface area contributed by atoms with Crippen molar-refractivity contribution in [2.24, 2.45) is 22.7 Å². The van der Waals surface area contributed by atoms with E-state index in [1.165, 1.54) is 19.9 Å². The molecule has 5 aliphatic rings. The van der Waals surface area contributed by atoms with Crippen LogP contribution < -0.4 is 5.63 Å². The van der Waals surface area contributed by atoms with Crippen molar-refractivity contribution in [2.45, 2.75) is 101 Å². The number of hydrogen-bond donors (Lipinski definition) is 1. The molecule has 0 aromatic carbocycles. The highest BCUT2D eigenvalue weighted by Gasteiger charge is 2.82. The van der Waals surface area contributed by atoms with Gasteiger partial charge < -0.3 is 23.7 Å². The molecule has 1 spiro atoms. The molecule has 1 N–H and O–H groups in total. The first-order valence-electron chi connectivity index (χ1n) is 13.3. The average molecular weight is 501 g/mol. The minimum atomic E-state index is -1.07. The normalized spacial score (nSPS) is 46.5. The van der Waals surface area contributed by atoms with Gasteiger partial charge in [-0.25, -0.2) is 4.79 Å². The smallest absolute Gasteiger partial charge is 0.335 e. The van der Waals surface area contributed by atoms with Gasteiger partial charge >= 0.3 is 17.6 Å². The summed E-state index contributed by atoms with van der Waals surface area (Å²) in [4.78, 5) is 35.2. The second-order valence-corrected chi connectivity index (χ2v) is 12.2. The van der Waals surface area contributed by atoms with E-state index < -0.39 is 11.0 Å². The highest BCUT2D eigenvalue weighted by Crippen LogP contribution is 2.78. The number of epoxide rings is 1. The molecule has 4 saturated carbocycles. The topological polar surface area (TPSA) is 116 Å². The number of carbonyl (C=O) groups is 2. The highest BCUT2D eigenvalue weighted by molar-refractivity contribution is 5.66. The number of fused-ring (bicyclic) bond motifs is 3. The fourth-order valence-electron chi connectivity index (χ4n) is 9.38. The third kappa shape index (κ3) is 3.16. The summed E-state index contributed by atoms with van der Waals surface area (Å²) >= 11 is 0. The first kappa shape index (κ1) is 24.2. The van der Waals surface area contributed by atoms with Gasteiger partial charge in [-0.3, -0.25) is 9.59 Å². The second-order valence-electron chi connectivity index (χ2n) is 12.2. The van der Waals surface area contributed by atoms with E-state index in [0.717, 1.165) is 31.2 Å². The fraction of sp³-hybridized carbons (Fsp3) is 0.750. The summed E-state index contributed by atoms with van der Waals surface area (Å²) in [6.45, 7) is 5.32. The standard InChI is InChI=1S/C28H36O8/c1-16(29)34-15-26-10-6-19(35-17(2)30)13-27(26,32)11-8-21-20(26)7-9-25(3)22(12-23-28(21,25)36-23)18-4-5-24(31)33-14-18/h4-5,14,19-23,32H,6-13,15H2,1-3H3. The molecule has 9 unspecified atom stereocenters. The summed E-state index contributed by atoms with van der Waals surface area (Å²) in [7, 11) is 0. The molecule has 36 heavy (non-hydrogen) atoms. The Labute approximate surface area is 210 Å². The number of rotatable bonds is 4. The van der Waals surface area contributed by atoms with Crippen molar-refractivity contribution in [1.29, 1.82) is 0 Å². The summed E-state index contributed by atoms with van der Waals surface area (Å²) in [5.41, 5.74) is -1.35. The van der Waals surface area contributed by atoms with Crippen molar-refractivity contribution in [2.75, 3.05) is 6.61 Å². The van der Waals surface area contributed by atoms with Crippen molar-refractivity contribution in [3.63, 3.8) is 0 Å². The second kappa shape index (κ2) is 7.90. The minimum absolute atomic E-state index is 0.105. The third-order valence-electron chi connectivity index (χ3n) is 10.9. The van der Waals surface area contributed by atoms with E-state index in [-0.39, 0.29) is 65.1 Å². The van der Waals surface area contributed by atoms with Crippen LogP contribution in [0, 0.1) is 22.7 Å². The van der Waals surface area contributed by atoms with Gasteiger partial charge in [0.2, 0.25) is 0 Å². The SMILES string of the molecule is CC(=O)OCC12CCC(OC(C)=O)CC1(O)CCC1C2CCC2(C)C(c3ccc(=O)oc3)CC3OC312. The average Bonchev–Trinajstić information content (AvgIpc) is 3.47. The van der Waals surface area contributed by atoms with Crippen molar-refractivity contribution in [1.82, 2.24) is 0 Å². The van der Waals surface area contributed by atoms with E-state index in [2.05, 4.69) is 6.92 Å². The summed E-state index contributed by atoms with van der Waals surface area (Å²) in [6, 6.07) is 3.39. The van der Waals surface area contributed by atoms with Gasteiger partial charge in [0.05, 0.1) is 24.6 Å². The molecule has 1 aromatic rings. The summed E-state index contributed by atoms with van der Waals surface area (Å²) < 4.78 is 23.0. The molecule has 0 radical (unpaired) electrons. The molecule has 0 amide bonds. The maximum Gasteiger partial charge on any atom is 0.335 e. The van der Waals surface area contributed by atoms with Crippen molar-refractivity contribution < 1.29 is 33.3 Å². The van der Waals surface area contributed by atoms with Crippen LogP contribution in [0.2, 0.25) is 0 Å². The van der Waals surface area contributed by atoms with Crippen LogP contribution in [-0.2, 0) is 23.8 Å². The summed E-state index contributed by atoms with van der Waals surface area (Å²) in [6.07, 6.45) is 7.17. The minimum Gasteiger partial charge on any atom is -0.465 e. The Morgan fingerprint density at radius 1 is 1.08 bits per heavy atom. The van der Waals surface area contributed by atoms with Crippen molar-refractivity contribution in [3.05, 3.63) is 34.4 Å². The molecular weight excluding hydrogens is 464 g/mol. The van der Waals surface area contributed by atoms with E-state index in [4.69, 9.17) is 18.6 Å².